The number of ether oxygens (including phenoxy) is 1. The molecular weight excluding hydrogens is 457 g/mol. The third-order valence-corrected chi connectivity index (χ3v) is 6.69. The fourth-order valence-corrected chi connectivity index (χ4v) is 4.48. The number of methoxy groups -OCH3 is 1. The van der Waals surface area contributed by atoms with Crippen LogP contribution in [0.25, 0.3) is 0 Å². The monoisotopic (exact) mass is 485 g/mol. The van der Waals surface area contributed by atoms with Crippen molar-refractivity contribution in [3.8, 4) is 5.75 Å². The topological polar surface area (TPSA) is 87.7 Å². The summed E-state index contributed by atoms with van der Waals surface area (Å²) in [6, 6.07) is 18.8. The Kier molecular flexibility index (Phi) is 8.25. The summed E-state index contributed by atoms with van der Waals surface area (Å²) in [5.41, 5.74) is 2.12. The molecule has 0 aliphatic carbocycles. The van der Waals surface area contributed by atoms with Gasteiger partial charge in [-0.15, -0.1) is 0 Å². The summed E-state index contributed by atoms with van der Waals surface area (Å²) in [6.45, 7) is 0.425. The molecule has 0 fully saturated rings. The molecule has 1 atom stereocenters. The normalized spacial score (nSPS) is 12.3. The van der Waals surface area contributed by atoms with Crippen LogP contribution >= 0.6 is 0 Å². The maximum atomic E-state index is 13.1. The van der Waals surface area contributed by atoms with E-state index >= 15 is 0 Å². The molecule has 0 saturated carbocycles. The van der Waals surface area contributed by atoms with Crippen molar-refractivity contribution in [3.05, 3.63) is 89.7 Å². The second-order valence-electron chi connectivity index (χ2n) is 7.99. The van der Waals surface area contributed by atoms with Crippen molar-refractivity contribution in [1.82, 2.24) is 10.2 Å². The van der Waals surface area contributed by atoms with Crippen molar-refractivity contribution < 1.29 is 22.3 Å². The molecule has 2 N–H and O–H groups in total. The van der Waals surface area contributed by atoms with Crippen LogP contribution in [-0.2, 0) is 21.2 Å². The van der Waals surface area contributed by atoms with Crippen molar-refractivity contribution in [2.24, 2.45) is 0 Å². The van der Waals surface area contributed by atoms with E-state index in [-0.39, 0.29) is 23.3 Å². The van der Waals surface area contributed by atoms with Gasteiger partial charge in [-0.1, -0.05) is 24.3 Å². The van der Waals surface area contributed by atoms with E-state index in [1.165, 1.54) is 12.1 Å². The maximum absolute atomic E-state index is 13.1. The quantitative estimate of drug-likeness (QED) is 0.458. The van der Waals surface area contributed by atoms with Crippen LogP contribution in [0.2, 0.25) is 0 Å². The molecule has 3 aromatic rings. The molecule has 0 bridgehead atoms. The second kappa shape index (κ2) is 11.1. The Labute approximate surface area is 199 Å². The smallest absolute Gasteiger partial charge is 0.261 e. The van der Waals surface area contributed by atoms with Gasteiger partial charge in [0.05, 0.1) is 24.5 Å². The Balaban J connectivity index is 1.58. The molecule has 0 radical (unpaired) electrons. The van der Waals surface area contributed by atoms with E-state index in [0.29, 0.717) is 12.2 Å². The lowest BCUT2D eigenvalue weighted by Crippen LogP contribution is -2.35. The Hall–Kier alpha value is -3.43. The minimum atomic E-state index is -3.83. The fourth-order valence-electron chi connectivity index (χ4n) is 3.42. The lowest BCUT2D eigenvalue weighted by molar-refractivity contribution is -0.120. The summed E-state index contributed by atoms with van der Waals surface area (Å²) >= 11 is 0. The Morgan fingerprint density at radius 3 is 2.32 bits per heavy atom. The lowest BCUT2D eigenvalue weighted by atomic mass is 10.1. The van der Waals surface area contributed by atoms with Crippen LogP contribution in [0.3, 0.4) is 0 Å². The van der Waals surface area contributed by atoms with Crippen LogP contribution in [0.15, 0.2) is 77.7 Å². The van der Waals surface area contributed by atoms with Gasteiger partial charge in [-0.3, -0.25) is 9.52 Å². The van der Waals surface area contributed by atoms with Crippen molar-refractivity contribution in [1.29, 1.82) is 0 Å². The lowest BCUT2D eigenvalue weighted by Gasteiger charge is -2.25. The van der Waals surface area contributed by atoms with E-state index in [4.69, 9.17) is 4.74 Å². The largest absolute Gasteiger partial charge is 0.497 e. The first kappa shape index (κ1) is 25.2. The van der Waals surface area contributed by atoms with E-state index in [1.54, 1.807) is 31.4 Å². The Morgan fingerprint density at radius 2 is 1.71 bits per heavy atom. The second-order valence-corrected chi connectivity index (χ2v) is 9.68. The maximum Gasteiger partial charge on any atom is 0.261 e. The van der Waals surface area contributed by atoms with Gasteiger partial charge in [0, 0.05) is 12.2 Å². The molecule has 0 heterocycles. The van der Waals surface area contributed by atoms with Gasteiger partial charge in [0.25, 0.3) is 10.0 Å². The molecule has 9 heteroatoms. The summed E-state index contributed by atoms with van der Waals surface area (Å²) in [7, 11) is 1.68. The molecule has 0 spiro atoms. The van der Waals surface area contributed by atoms with Crippen LogP contribution in [0.4, 0.5) is 10.1 Å². The first-order chi connectivity index (χ1) is 16.2. The van der Waals surface area contributed by atoms with Crippen molar-refractivity contribution in [2.45, 2.75) is 17.4 Å². The highest BCUT2D eigenvalue weighted by Crippen LogP contribution is 2.22. The van der Waals surface area contributed by atoms with Crippen LogP contribution in [0.5, 0.6) is 5.75 Å². The van der Waals surface area contributed by atoms with Gasteiger partial charge in [-0.2, -0.15) is 0 Å². The average molecular weight is 486 g/mol. The number of halogens is 1. The number of hydrogen-bond donors (Lipinski definition) is 2. The molecule has 0 aliphatic heterocycles. The van der Waals surface area contributed by atoms with Gasteiger partial charge in [-0.05, 0) is 73.8 Å². The van der Waals surface area contributed by atoms with Crippen LogP contribution in [-0.4, -0.2) is 47.0 Å². The number of carbonyl (C=O) groups is 1. The molecule has 3 aromatic carbocycles. The summed E-state index contributed by atoms with van der Waals surface area (Å²) in [5, 5.41) is 2.96. The number of sulfonamides is 1. The van der Waals surface area contributed by atoms with Crippen molar-refractivity contribution >= 4 is 21.6 Å². The first-order valence-electron chi connectivity index (χ1n) is 10.6. The van der Waals surface area contributed by atoms with Gasteiger partial charge in [0.2, 0.25) is 5.91 Å². The highest BCUT2D eigenvalue weighted by atomic mass is 32.2. The van der Waals surface area contributed by atoms with Gasteiger partial charge in [-0.25, -0.2) is 12.8 Å². The average Bonchev–Trinajstić information content (AvgIpc) is 2.80. The van der Waals surface area contributed by atoms with Crippen LogP contribution in [0, 0.1) is 5.82 Å². The molecule has 0 aromatic heterocycles. The minimum absolute atomic E-state index is 0.0257. The third kappa shape index (κ3) is 6.79. The number of amides is 1. The zero-order valence-corrected chi connectivity index (χ0v) is 20.1. The number of anilines is 1. The van der Waals surface area contributed by atoms with Crippen molar-refractivity contribution in [2.75, 3.05) is 32.5 Å². The van der Waals surface area contributed by atoms with E-state index in [0.717, 1.165) is 29.0 Å². The van der Waals surface area contributed by atoms with Crippen molar-refractivity contribution in [3.63, 3.8) is 0 Å². The number of hydrogen-bond acceptors (Lipinski definition) is 5. The number of benzene rings is 3. The number of carbonyl (C=O) groups excluding carboxylic acids is 1. The molecule has 0 aliphatic rings. The van der Waals surface area contributed by atoms with Crippen LogP contribution in [0.1, 0.15) is 17.2 Å². The van der Waals surface area contributed by atoms with Gasteiger partial charge < -0.3 is 15.0 Å². The Bertz CT molecular complexity index is 1210. The summed E-state index contributed by atoms with van der Waals surface area (Å²) < 4.78 is 45.6. The Morgan fingerprint density at radius 1 is 1.03 bits per heavy atom. The standard InChI is InChI=1S/C25H28FN3O4S/c1-29(2)24(19-5-4-6-22(16-19)33-3)17-27-25(30)15-18-7-11-21(12-8-18)28-34(31,32)23-13-9-20(26)10-14-23/h4-14,16,24,28H,15,17H2,1-3H3,(H,27,30). The fraction of sp³-hybridized carbons (Fsp3) is 0.240. The highest BCUT2D eigenvalue weighted by Gasteiger charge is 2.17. The third-order valence-electron chi connectivity index (χ3n) is 5.29. The highest BCUT2D eigenvalue weighted by molar-refractivity contribution is 7.92. The SMILES string of the molecule is COc1cccc(C(CNC(=O)Cc2ccc(NS(=O)(=O)c3ccc(F)cc3)cc2)N(C)C)c1. The first-order valence-corrected chi connectivity index (χ1v) is 12.1. The molecular formula is C25H28FN3O4S. The zero-order chi connectivity index (χ0) is 24.7. The summed E-state index contributed by atoms with van der Waals surface area (Å²) in [6.07, 6.45) is 0.156. The number of nitrogens with zero attached hydrogens (tertiary/aromatic N) is 1. The van der Waals surface area contributed by atoms with Gasteiger partial charge in [0.15, 0.2) is 0 Å². The molecule has 1 amide bonds. The zero-order valence-electron chi connectivity index (χ0n) is 19.3. The predicted octanol–water partition coefficient (Wildman–Crippen LogP) is 3.60. The van der Waals surface area contributed by atoms with Gasteiger partial charge in [0.1, 0.15) is 11.6 Å². The van der Waals surface area contributed by atoms with E-state index < -0.39 is 15.8 Å². The molecule has 180 valence electrons. The molecule has 0 saturated heterocycles. The number of nitrogens with one attached hydrogen (secondary N) is 2. The molecule has 7 nitrogen and oxygen atoms in total. The van der Waals surface area contributed by atoms with Crippen LogP contribution < -0.4 is 14.8 Å². The summed E-state index contributed by atoms with van der Waals surface area (Å²) in [4.78, 5) is 14.5. The number of rotatable bonds is 10. The number of likely N-dealkylation sites (N-methyl/N-ethyl adjacent to an activating group) is 1. The summed E-state index contributed by atoms with van der Waals surface area (Å²) in [5.74, 6) is 0.0992. The minimum Gasteiger partial charge on any atom is -0.497 e. The molecule has 34 heavy (non-hydrogen) atoms. The van der Waals surface area contributed by atoms with Gasteiger partial charge >= 0.3 is 0 Å². The van der Waals surface area contributed by atoms with E-state index in [1.807, 2.05) is 43.3 Å². The molecule has 3 rings (SSSR count). The molecule has 1 unspecified atom stereocenters. The van der Waals surface area contributed by atoms with E-state index in [9.17, 15) is 17.6 Å². The predicted molar refractivity (Wildman–Crippen MR) is 130 cm³/mol. The van der Waals surface area contributed by atoms with E-state index in [2.05, 4.69) is 10.0 Å².